The third-order valence-electron chi connectivity index (χ3n) is 2.12. The lowest BCUT2D eigenvalue weighted by Gasteiger charge is -2.08. The minimum absolute atomic E-state index is 0.0847. The summed E-state index contributed by atoms with van der Waals surface area (Å²) in [5.74, 6) is -0.747. The van der Waals surface area contributed by atoms with Gasteiger partial charge in [-0.15, -0.1) is 0 Å². The average molecular weight is 336 g/mol. The lowest BCUT2D eigenvalue weighted by molar-refractivity contribution is 0.595. The van der Waals surface area contributed by atoms with Gasteiger partial charge in [0.1, 0.15) is 6.07 Å². The number of nitrogens with two attached hydrogens (primary N) is 1. The Labute approximate surface area is 113 Å². The van der Waals surface area contributed by atoms with Crippen molar-refractivity contribution in [2.24, 2.45) is 5.14 Å². The molecule has 0 fully saturated rings. The quantitative estimate of drug-likeness (QED) is 0.798. The van der Waals surface area contributed by atoms with Crippen LogP contribution in [0, 0.1) is 17.1 Å². The first-order chi connectivity index (χ1) is 8.35. The fourth-order valence-corrected chi connectivity index (χ4v) is 2.25. The molecule has 0 spiro atoms. The molecular weight excluding hydrogens is 325 g/mol. The number of benzene rings is 1. The maximum Gasteiger partial charge on any atom is 0.209 e. The van der Waals surface area contributed by atoms with Gasteiger partial charge >= 0.3 is 0 Å². The Hall–Kier alpha value is -1.17. The Morgan fingerprint density at radius 3 is 2.72 bits per heavy atom. The molecule has 8 heteroatoms. The number of nitrogens with one attached hydrogen (secondary N) is 1. The molecule has 0 bridgehead atoms. The lowest BCUT2D eigenvalue weighted by Crippen LogP contribution is -2.18. The number of anilines is 1. The van der Waals surface area contributed by atoms with Crippen molar-refractivity contribution in [3.63, 3.8) is 0 Å². The van der Waals surface area contributed by atoms with E-state index in [1.54, 1.807) is 0 Å². The molecule has 0 aliphatic heterocycles. The van der Waals surface area contributed by atoms with Crippen LogP contribution in [0.3, 0.4) is 0 Å². The highest BCUT2D eigenvalue weighted by atomic mass is 79.9. The molecule has 0 aromatic heterocycles. The minimum atomic E-state index is -3.49. The predicted molar refractivity (Wildman–Crippen MR) is 69.9 cm³/mol. The Balaban J connectivity index is 2.65. The molecule has 1 rings (SSSR count). The van der Waals surface area contributed by atoms with Gasteiger partial charge in [-0.25, -0.2) is 17.9 Å². The van der Waals surface area contributed by atoms with Gasteiger partial charge in [-0.1, -0.05) is 0 Å². The monoisotopic (exact) mass is 335 g/mol. The fourth-order valence-electron chi connectivity index (χ4n) is 1.27. The zero-order valence-corrected chi connectivity index (χ0v) is 11.7. The number of hydrogen-bond acceptors (Lipinski definition) is 4. The molecule has 0 saturated carbocycles. The van der Waals surface area contributed by atoms with E-state index in [0.29, 0.717) is 0 Å². The van der Waals surface area contributed by atoms with Crippen molar-refractivity contribution in [1.82, 2.24) is 0 Å². The number of hydrogen-bond donors (Lipinski definition) is 2. The van der Waals surface area contributed by atoms with E-state index in [1.807, 2.05) is 6.07 Å². The SMILES string of the molecule is N#Cc1ccc(NCCCS(N)(=O)=O)c(F)c1Br. The highest BCUT2D eigenvalue weighted by molar-refractivity contribution is 9.10. The highest BCUT2D eigenvalue weighted by Crippen LogP contribution is 2.26. The van der Waals surface area contributed by atoms with Gasteiger partial charge in [0.25, 0.3) is 0 Å². The van der Waals surface area contributed by atoms with E-state index in [1.165, 1.54) is 12.1 Å². The van der Waals surface area contributed by atoms with Crippen molar-refractivity contribution < 1.29 is 12.8 Å². The molecule has 1 aromatic carbocycles. The van der Waals surface area contributed by atoms with Gasteiger partial charge in [-0.05, 0) is 34.5 Å². The van der Waals surface area contributed by atoms with Crippen LogP contribution in [0.4, 0.5) is 10.1 Å². The van der Waals surface area contributed by atoms with E-state index >= 15 is 0 Å². The first-order valence-corrected chi connectivity index (χ1v) is 7.48. The average Bonchev–Trinajstić information content (AvgIpc) is 2.28. The highest BCUT2D eigenvalue weighted by Gasteiger charge is 2.10. The van der Waals surface area contributed by atoms with Gasteiger partial charge in [0, 0.05) is 6.54 Å². The van der Waals surface area contributed by atoms with Gasteiger partial charge in [0.05, 0.1) is 21.5 Å². The van der Waals surface area contributed by atoms with Crippen molar-refractivity contribution in [3.05, 3.63) is 28.0 Å². The summed E-state index contributed by atoms with van der Waals surface area (Å²) in [6.45, 7) is 0.270. The molecular formula is C10H11BrFN3O2S. The normalized spacial score (nSPS) is 11.0. The van der Waals surface area contributed by atoms with Crippen LogP contribution in [0.5, 0.6) is 0 Å². The summed E-state index contributed by atoms with van der Waals surface area (Å²) in [6.07, 6.45) is 0.274. The Morgan fingerprint density at radius 2 is 2.17 bits per heavy atom. The molecule has 0 radical (unpaired) electrons. The van der Waals surface area contributed by atoms with Crippen LogP contribution in [-0.4, -0.2) is 20.7 Å². The minimum Gasteiger partial charge on any atom is -0.383 e. The van der Waals surface area contributed by atoms with E-state index in [0.717, 1.165) is 0 Å². The van der Waals surface area contributed by atoms with Crippen molar-refractivity contribution in [3.8, 4) is 6.07 Å². The molecule has 0 saturated heterocycles. The molecule has 0 aliphatic rings. The predicted octanol–water partition coefficient (Wildman–Crippen LogP) is 1.55. The van der Waals surface area contributed by atoms with Gasteiger partial charge in [-0.3, -0.25) is 0 Å². The van der Waals surface area contributed by atoms with Gasteiger partial charge in [-0.2, -0.15) is 5.26 Å². The van der Waals surface area contributed by atoms with Crippen molar-refractivity contribution in [2.75, 3.05) is 17.6 Å². The number of nitriles is 1. The van der Waals surface area contributed by atoms with Crippen LogP contribution < -0.4 is 10.5 Å². The number of halogens is 2. The first-order valence-electron chi connectivity index (χ1n) is 4.97. The maximum atomic E-state index is 13.7. The number of sulfonamides is 1. The summed E-state index contributed by atoms with van der Waals surface area (Å²) in [5, 5.41) is 16.3. The number of primary sulfonamides is 1. The Kier molecular flexibility index (Phi) is 5.07. The van der Waals surface area contributed by atoms with E-state index in [-0.39, 0.29) is 34.4 Å². The molecule has 0 unspecified atom stereocenters. The molecule has 1 aromatic rings. The van der Waals surface area contributed by atoms with E-state index in [9.17, 15) is 12.8 Å². The van der Waals surface area contributed by atoms with Crippen LogP contribution in [0.1, 0.15) is 12.0 Å². The zero-order valence-electron chi connectivity index (χ0n) is 9.28. The summed E-state index contributed by atoms with van der Waals surface area (Å²) >= 11 is 2.98. The first kappa shape index (κ1) is 14.9. The van der Waals surface area contributed by atoms with Crippen LogP contribution >= 0.6 is 15.9 Å². The summed E-state index contributed by atoms with van der Waals surface area (Å²) in [4.78, 5) is 0. The van der Waals surface area contributed by atoms with Gasteiger partial charge < -0.3 is 5.32 Å². The smallest absolute Gasteiger partial charge is 0.209 e. The molecule has 98 valence electrons. The molecule has 18 heavy (non-hydrogen) atoms. The molecule has 5 nitrogen and oxygen atoms in total. The van der Waals surface area contributed by atoms with Crippen molar-refractivity contribution in [1.29, 1.82) is 5.26 Å². The van der Waals surface area contributed by atoms with Crippen LogP contribution in [-0.2, 0) is 10.0 Å². The second-order valence-corrected chi connectivity index (χ2v) is 6.07. The molecule has 0 aliphatic carbocycles. The van der Waals surface area contributed by atoms with E-state index in [2.05, 4.69) is 21.2 Å². The van der Waals surface area contributed by atoms with Crippen LogP contribution in [0.15, 0.2) is 16.6 Å². The van der Waals surface area contributed by atoms with Gasteiger partial charge in [0.2, 0.25) is 10.0 Å². The lowest BCUT2D eigenvalue weighted by atomic mass is 10.2. The second kappa shape index (κ2) is 6.13. The second-order valence-electron chi connectivity index (χ2n) is 3.55. The molecule has 3 N–H and O–H groups in total. The van der Waals surface area contributed by atoms with Crippen molar-refractivity contribution in [2.45, 2.75) is 6.42 Å². The summed E-state index contributed by atoms with van der Waals surface area (Å²) < 4.78 is 35.2. The van der Waals surface area contributed by atoms with Crippen molar-refractivity contribution >= 4 is 31.6 Å². The number of rotatable bonds is 5. The Bertz CT molecular complexity index is 584. The fraction of sp³-hybridized carbons (Fsp3) is 0.300. The van der Waals surface area contributed by atoms with Crippen LogP contribution in [0.2, 0.25) is 0 Å². The van der Waals surface area contributed by atoms with E-state index in [4.69, 9.17) is 10.4 Å². The summed E-state index contributed by atoms with van der Waals surface area (Å²) in [7, 11) is -3.49. The number of nitrogens with zero attached hydrogens (tertiary/aromatic N) is 1. The third kappa shape index (κ3) is 4.25. The Morgan fingerprint density at radius 1 is 1.50 bits per heavy atom. The third-order valence-corrected chi connectivity index (χ3v) is 3.76. The standard InChI is InChI=1S/C10H11BrFN3O2S/c11-9-7(6-13)2-3-8(10(9)12)15-4-1-5-18(14,16)17/h2-3,15H,1,4-5H2,(H2,14,16,17). The topological polar surface area (TPSA) is 96.0 Å². The zero-order chi connectivity index (χ0) is 13.8. The summed E-state index contributed by atoms with van der Waals surface area (Å²) in [6, 6.07) is 4.73. The molecule has 0 amide bonds. The van der Waals surface area contributed by atoms with E-state index < -0.39 is 15.8 Å². The maximum absolute atomic E-state index is 13.7. The van der Waals surface area contributed by atoms with Gasteiger partial charge in [0.15, 0.2) is 5.82 Å². The summed E-state index contributed by atoms with van der Waals surface area (Å²) in [5.41, 5.74) is 0.401. The molecule has 0 heterocycles. The largest absolute Gasteiger partial charge is 0.383 e. The molecule has 0 atom stereocenters. The van der Waals surface area contributed by atoms with Crippen LogP contribution in [0.25, 0.3) is 0 Å².